The average molecular weight is 743 g/mol. The first-order valence-corrected chi connectivity index (χ1v) is 17.7. The van der Waals surface area contributed by atoms with Gasteiger partial charge in [0.05, 0.1) is 11.4 Å². The molecule has 2 nitrogen and oxygen atoms in total. The number of hydrogen-bond donors (Lipinski definition) is 0. The first-order valence-electron chi connectivity index (χ1n) is 16.1. The lowest BCUT2D eigenvalue weighted by atomic mass is 10.0. The van der Waals surface area contributed by atoms with E-state index in [4.69, 9.17) is 0 Å². The van der Waals surface area contributed by atoms with Gasteiger partial charge in [0, 0.05) is 31.7 Å². The number of anilines is 6. The summed E-state index contributed by atoms with van der Waals surface area (Å²) in [5, 5.41) is 0. The van der Waals surface area contributed by atoms with Crippen molar-refractivity contribution in [2.24, 2.45) is 0 Å². The molecule has 7 rings (SSSR count). The van der Waals surface area contributed by atoms with Gasteiger partial charge in [-0.25, -0.2) is 0 Å². The van der Waals surface area contributed by atoms with Gasteiger partial charge in [-0.2, -0.15) is 0 Å². The molecule has 0 atom stereocenters. The number of rotatable bonds is 6. The highest BCUT2D eigenvalue weighted by Gasteiger charge is 2.25. The van der Waals surface area contributed by atoms with E-state index in [9.17, 15) is 0 Å². The molecule has 0 saturated carbocycles. The first kappa shape index (κ1) is 31.5. The van der Waals surface area contributed by atoms with Crippen LogP contribution in [0.25, 0.3) is 11.1 Å². The fourth-order valence-corrected chi connectivity index (χ4v) is 8.04. The van der Waals surface area contributed by atoms with Crippen molar-refractivity contribution in [1.29, 1.82) is 0 Å². The van der Waals surface area contributed by atoms with Crippen molar-refractivity contribution in [3.8, 4) is 11.1 Å². The van der Waals surface area contributed by atoms with Crippen molar-refractivity contribution in [2.45, 2.75) is 48.0 Å². The predicted octanol–water partition coefficient (Wildman–Crippen LogP) is 13.6. The molecule has 1 aliphatic rings. The molecule has 0 amide bonds. The van der Waals surface area contributed by atoms with Gasteiger partial charge in [0.25, 0.3) is 0 Å². The molecule has 0 radical (unpaired) electrons. The summed E-state index contributed by atoms with van der Waals surface area (Å²) in [5.74, 6) is 0. The van der Waals surface area contributed by atoms with E-state index < -0.39 is 0 Å². The van der Waals surface area contributed by atoms with E-state index in [1.807, 2.05) is 0 Å². The normalized spacial score (nSPS) is 11.7. The number of benzene rings is 6. The van der Waals surface area contributed by atoms with Gasteiger partial charge in [-0.05, 0) is 165 Å². The second-order valence-corrected chi connectivity index (χ2v) is 14.8. The van der Waals surface area contributed by atoms with Gasteiger partial charge < -0.3 is 9.80 Å². The van der Waals surface area contributed by atoms with Gasteiger partial charge >= 0.3 is 0 Å². The first-order chi connectivity index (χ1) is 22.6. The van der Waals surface area contributed by atoms with Crippen molar-refractivity contribution in [3.63, 3.8) is 0 Å². The molecule has 6 aromatic carbocycles. The zero-order valence-corrected chi connectivity index (χ0v) is 30.9. The van der Waals surface area contributed by atoms with Crippen LogP contribution in [0.2, 0.25) is 0 Å². The highest BCUT2D eigenvalue weighted by Crippen LogP contribution is 2.46. The smallest absolute Gasteiger partial charge is 0.0520 e. The fourth-order valence-electron chi connectivity index (χ4n) is 7.51. The van der Waals surface area contributed by atoms with E-state index in [0.717, 1.165) is 26.7 Å². The molecule has 234 valence electrons. The summed E-state index contributed by atoms with van der Waals surface area (Å²) >= 11 is 7.28. The van der Waals surface area contributed by atoms with Gasteiger partial charge in [-0.1, -0.05) is 79.4 Å². The molecule has 0 unspecified atom stereocenters. The highest BCUT2D eigenvalue weighted by atomic mass is 79.9. The Morgan fingerprint density at radius 1 is 0.404 bits per heavy atom. The summed E-state index contributed by atoms with van der Waals surface area (Å²) < 4.78 is 2.15. The molecular weight excluding hydrogens is 704 g/mol. The molecule has 0 spiro atoms. The molecular formula is C43H38Br2N2. The van der Waals surface area contributed by atoms with Crippen molar-refractivity contribution in [1.82, 2.24) is 0 Å². The SMILES string of the molecule is Cc1cc(C)c(N(c2ccc(Br)cc2)c2ccc3c(c2)Cc2cc(N(c4ccc(Br)cc4)c4c(C)cc(C)cc4C)ccc2-3)c(C)c1. The van der Waals surface area contributed by atoms with Gasteiger partial charge in [-0.3, -0.25) is 0 Å². The van der Waals surface area contributed by atoms with Crippen molar-refractivity contribution < 1.29 is 0 Å². The van der Waals surface area contributed by atoms with Crippen molar-refractivity contribution in [2.75, 3.05) is 9.80 Å². The van der Waals surface area contributed by atoms with Crippen LogP contribution in [-0.2, 0) is 6.42 Å². The molecule has 4 heteroatoms. The third-order valence-electron chi connectivity index (χ3n) is 9.25. The molecule has 0 bridgehead atoms. The monoisotopic (exact) mass is 740 g/mol. The van der Waals surface area contributed by atoms with E-state index in [-0.39, 0.29) is 0 Å². The molecule has 47 heavy (non-hydrogen) atoms. The Bertz CT molecular complexity index is 1950. The summed E-state index contributed by atoms with van der Waals surface area (Å²) in [6, 6.07) is 40.4. The summed E-state index contributed by atoms with van der Waals surface area (Å²) in [6.07, 6.45) is 0.895. The zero-order chi connectivity index (χ0) is 33.0. The Kier molecular flexibility index (Phi) is 8.36. The van der Waals surface area contributed by atoms with Crippen LogP contribution >= 0.6 is 31.9 Å². The summed E-state index contributed by atoms with van der Waals surface area (Å²) in [5.41, 5.74) is 20.1. The van der Waals surface area contributed by atoms with Gasteiger partial charge in [-0.15, -0.1) is 0 Å². The summed E-state index contributed by atoms with van der Waals surface area (Å²) in [4.78, 5) is 4.84. The van der Waals surface area contributed by atoms with Crippen LogP contribution in [0, 0.1) is 41.5 Å². The van der Waals surface area contributed by atoms with Crippen molar-refractivity contribution >= 4 is 66.0 Å². The minimum Gasteiger partial charge on any atom is -0.310 e. The van der Waals surface area contributed by atoms with E-state index >= 15 is 0 Å². The maximum Gasteiger partial charge on any atom is 0.0520 e. The summed E-state index contributed by atoms with van der Waals surface area (Å²) in [6.45, 7) is 13.2. The fraction of sp³-hybridized carbons (Fsp3) is 0.163. The Morgan fingerprint density at radius 2 is 0.723 bits per heavy atom. The molecule has 0 aromatic heterocycles. The number of nitrogens with zero attached hydrogens (tertiary/aromatic N) is 2. The second-order valence-electron chi connectivity index (χ2n) is 13.0. The third-order valence-corrected chi connectivity index (χ3v) is 10.3. The van der Waals surface area contributed by atoms with E-state index in [1.165, 1.54) is 78.4 Å². The van der Waals surface area contributed by atoms with Crippen LogP contribution in [-0.4, -0.2) is 0 Å². The molecule has 0 saturated heterocycles. The lowest BCUT2D eigenvalue weighted by molar-refractivity contribution is 1.18. The van der Waals surface area contributed by atoms with Crippen LogP contribution in [0.4, 0.5) is 34.1 Å². The van der Waals surface area contributed by atoms with Gasteiger partial charge in [0.15, 0.2) is 0 Å². The minimum absolute atomic E-state index is 0.895. The Balaban J connectivity index is 1.32. The lowest BCUT2D eigenvalue weighted by Crippen LogP contribution is -2.13. The summed E-state index contributed by atoms with van der Waals surface area (Å²) in [7, 11) is 0. The Morgan fingerprint density at radius 3 is 1.06 bits per heavy atom. The van der Waals surface area contributed by atoms with E-state index in [2.05, 4.69) is 192 Å². The molecule has 0 heterocycles. The van der Waals surface area contributed by atoms with E-state index in [1.54, 1.807) is 0 Å². The number of aryl methyl sites for hydroxylation is 6. The quantitative estimate of drug-likeness (QED) is 0.167. The standard InChI is InChI=1S/C43H38Br2N2/c1-26-19-28(3)42(29(4)20-26)46(36-11-7-34(44)8-12-36)38-15-17-40-32(24-38)23-33-25-39(16-18-41(33)40)47(37-13-9-35(45)10-14-37)43-30(5)21-27(2)22-31(43)6/h7-22,24-25H,23H2,1-6H3. The predicted molar refractivity (Wildman–Crippen MR) is 208 cm³/mol. The lowest BCUT2D eigenvalue weighted by Gasteiger charge is -2.29. The maximum absolute atomic E-state index is 3.64. The Labute approximate surface area is 296 Å². The largest absolute Gasteiger partial charge is 0.310 e. The molecule has 6 aromatic rings. The van der Waals surface area contributed by atoms with Gasteiger partial charge in [0.2, 0.25) is 0 Å². The Hall–Kier alpha value is -4.12. The van der Waals surface area contributed by atoms with E-state index in [0.29, 0.717) is 0 Å². The number of fused-ring (bicyclic) bond motifs is 3. The van der Waals surface area contributed by atoms with Crippen LogP contribution in [0.5, 0.6) is 0 Å². The van der Waals surface area contributed by atoms with Crippen LogP contribution < -0.4 is 9.80 Å². The number of hydrogen-bond acceptors (Lipinski definition) is 2. The molecule has 0 aliphatic heterocycles. The maximum atomic E-state index is 3.64. The highest BCUT2D eigenvalue weighted by molar-refractivity contribution is 9.10. The molecule has 0 fully saturated rings. The molecule has 1 aliphatic carbocycles. The third kappa shape index (κ3) is 5.94. The van der Waals surface area contributed by atoms with Crippen LogP contribution in [0.15, 0.2) is 118 Å². The van der Waals surface area contributed by atoms with Crippen molar-refractivity contribution in [3.05, 3.63) is 163 Å². The number of halogens is 2. The molecule has 0 N–H and O–H groups in total. The van der Waals surface area contributed by atoms with Crippen LogP contribution in [0.3, 0.4) is 0 Å². The second kappa shape index (κ2) is 12.5. The van der Waals surface area contributed by atoms with Gasteiger partial charge in [0.1, 0.15) is 0 Å². The topological polar surface area (TPSA) is 6.48 Å². The average Bonchev–Trinajstić information content (AvgIpc) is 3.39. The van der Waals surface area contributed by atoms with Crippen LogP contribution in [0.1, 0.15) is 44.5 Å². The zero-order valence-electron chi connectivity index (χ0n) is 27.7. The minimum atomic E-state index is 0.895.